The Morgan fingerprint density at radius 3 is 2.80 bits per heavy atom. The molecule has 2 saturated carbocycles. The van der Waals surface area contributed by atoms with Crippen molar-refractivity contribution in [2.45, 2.75) is 64.1 Å². The fraction of sp³-hybridized carbons (Fsp3) is 0.440. The van der Waals surface area contributed by atoms with E-state index in [1.807, 2.05) is 31.3 Å². The molecule has 0 spiro atoms. The summed E-state index contributed by atoms with van der Waals surface area (Å²) in [6.45, 7) is 2.63. The minimum atomic E-state index is -0.450. The van der Waals surface area contributed by atoms with Crippen LogP contribution in [0.5, 0.6) is 0 Å². The molecule has 0 saturated heterocycles. The van der Waals surface area contributed by atoms with Gasteiger partial charge in [-0.1, -0.05) is 30.7 Å². The highest BCUT2D eigenvalue weighted by atomic mass is 16.3. The monoisotopic (exact) mass is 403 g/mol. The number of aromatic nitrogens is 1. The van der Waals surface area contributed by atoms with Gasteiger partial charge in [-0.3, -0.25) is 9.78 Å². The molecule has 4 rings (SSSR count). The van der Waals surface area contributed by atoms with Gasteiger partial charge in [0.15, 0.2) is 0 Å². The summed E-state index contributed by atoms with van der Waals surface area (Å²) in [5, 5.41) is 16.5. The smallest absolute Gasteiger partial charge is 0.251 e. The molecule has 0 aliphatic heterocycles. The fourth-order valence-corrected chi connectivity index (χ4v) is 3.75. The highest BCUT2D eigenvalue weighted by Crippen LogP contribution is 2.27. The quantitative estimate of drug-likeness (QED) is 0.664. The normalized spacial score (nSPS) is 20.7. The summed E-state index contributed by atoms with van der Waals surface area (Å²) in [5.41, 5.74) is 4.58. The zero-order valence-electron chi connectivity index (χ0n) is 17.4. The number of pyridine rings is 1. The molecule has 0 bridgehead atoms. The Labute approximate surface area is 178 Å². The van der Waals surface area contributed by atoms with Gasteiger partial charge >= 0.3 is 0 Å². The minimum Gasteiger partial charge on any atom is -0.391 e. The number of benzene rings is 1. The van der Waals surface area contributed by atoms with Crippen molar-refractivity contribution in [3.8, 4) is 11.8 Å². The lowest BCUT2D eigenvalue weighted by Crippen LogP contribution is -2.45. The first-order valence-corrected chi connectivity index (χ1v) is 10.9. The van der Waals surface area contributed by atoms with Gasteiger partial charge in [-0.05, 0) is 61.9 Å². The summed E-state index contributed by atoms with van der Waals surface area (Å²) < 4.78 is 0. The summed E-state index contributed by atoms with van der Waals surface area (Å²) in [4.78, 5) is 17.0. The molecule has 2 aliphatic carbocycles. The Kier molecular flexibility index (Phi) is 6.35. The van der Waals surface area contributed by atoms with Gasteiger partial charge in [-0.25, -0.2) is 0 Å². The lowest BCUT2D eigenvalue weighted by atomic mass is 9.92. The molecule has 3 N–H and O–H groups in total. The number of nitrogens with one attached hydrogen (secondary N) is 2. The molecule has 1 aromatic carbocycles. The maximum Gasteiger partial charge on any atom is 0.251 e. The van der Waals surface area contributed by atoms with E-state index in [0.717, 1.165) is 48.1 Å². The fourth-order valence-electron chi connectivity index (χ4n) is 3.75. The summed E-state index contributed by atoms with van der Waals surface area (Å²) in [7, 11) is 0. The van der Waals surface area contributed by atoms with E-state index in [0.29, 0.717) is 18.0 Å². The second-order valence-electron chi connectivity index (χ2n) is 8.44. The van der Waals surface area contributed by atoms with Crippen molar-refractivity contribution < 1.29 is 9.90 Å². The summed E-state index contributed by atoms with van der Waals surface area (Å²) in [6.07, 6.45) is 9.26. The van der Waals surface area contributed by atoms with E-state index in [9.17, 15) is 9.90 Å². The summed E-state index contributed by atoms with van der Waals surface area (Å²) >= 11 is 0. The molecule has 2 atom stereocenters. The molecule has 1 amide bonds. The zero-order valence-corrected chi connectivity index (χ0v) is 17.4. The molecule has 30 heavy (non-hydrogen) atoms. The van der Waals surface area contributed by atoms with E-state index in [1.165, 1.54) is 12.8 Å². The Balaban J connectivity index is 1.40. The predicted octanol–water partition coefficient (Wildman–Crippen LogP) is 3.80. The molecule has 5 heteroatoms. The first-order chi connectivity index (χ1) is 14.6. The topological polar surface area (TPSA) is 74.2 Å². The second-order valence-corrected chi connectivity index (χ2v) is 8.44. The van der Waals surface area contributed by atoms with E-state index >= 15 is 0 Å². The number of carbonyl (C=O) groups is 1. The molecule has 5 nitrogen and oxygen atoms in total. The largest absolute Gasteiger partial charge is 0.391 e. The number of carbonyl (C=O) groups excluding carboxylic acids is 1. The van der Waals surface area contributed by atoms with Gasteiger partial charge in [-0.2, -0.15) is 0 Å². The average Bonchev–Trinajstić information content (AvgIpc) is 3.58. The van der Waals surface area contributed by atoms with Gasteiger partial charge in [-0.15, -0.1) is 0 Å². The van der Waals surface area contributed by atoms with Crippen molar-refractivity contribution >= 4 is 11.6 Å². The predicted molar refractivity (Wildman–Crippen MR) is 118 cm³/mol. The second kappa shape index (κ2) is 9.32. The maximum atomic E-state index is 12.7. The number of aryl methyl sites for hydroxylation is 1. The summed E-state index contributed by atoms with van der Waals surface area (Å²) in [6, 6.07) is 7.57. The van der Waals surface area contributed by atoms with Crippen molar-refractivity contribution in [3.05, 3.63) is 58.9 Å². The Morgan fingerprint density at radius 1 is 1.17 bits per heavy atom. The Morgan fingerprint density at radius 2 is 2.00 bits per heavy atom. The summed E-state index contributed by atoms with van der Waals surface area (Å²) in [5.74, 6) is 6.91. The number of aliphatic hydroxyl groups excluding tert-OH is 1. The third-order valence-electron chi connectivity index (χ3n) is 5.82. The van der Waals surface area contributed by atoms with Crippen LogP contribution in [0.2, 0.25) is 0 Å². The van der Waals surface area contributed by atoms with Gasteiger partial charge in [0, 0.05) is 41.7 Å². The van der Waals surface area contributed by atoms with E-state index in [1.54, 1.807) is 6.20 Å². The van der Waals surface area contributed by atoms with Gasteiger partial charge in [0.05, 0.1) is 12.1 Å². The molecule has 2 aliphatic rings. The van der Waals surface area contributed by atoms with Crippen LogP contribution in [0.25, 0.3) is 0 Å². The lowest BCUT2D eigenvalue weighted by Gasteiger charge is -2.28. The molecule has 1 aromatic heterocycles. The van der Waals surface area contributed by atoms with Crippen LogP contribution < -0.4 is 10.6 Å². The number of hydrogen-bond acceptors (Lipinski definition) is 4. The van der Waals surface area contributed by atoms with Crippen LogP contribution in [-0.4, -0.2) is 28.1 Å². The standard InChI is InChI=1S/C25H29N3O2/c1-17-6-11-21(25(30)28-22-4-2-3-5-24(22)29)13-23(17)27-16-20-12-19(14-26-15-20)10-9-18-7-8-18/h6,11-15,18,22,24,27,29H,2-5,7-8,16H2,1H3,(H,28,30)/t22-,24-/m0/s1. The van der Waals surface area contributed by atoms with Gasteiger partial charge in [0.25, 0.3) is 5.91 Å². The average molecular weight is 404 g/mol. The maximum absolute atomic E-state index is 12.7. The van der Waals surface area contributed by atoms with Gasteiger partial charge in [0.1, 0.15) is 0 Å². The van der Waals surface area contributed by atoms with Gasteiger partial charge in [0.2, 0.25) is 0 Å². The van der Waals surface area contributed by atoms with Crippen molar-refractivity contribution in [3.63, 3.8) is 0 Å². The van der Waals surface area contributed by atoms with Gasteiger partial charge < -0.3 is 15.7 Å². The van der Waals surface area contributed by atoms with Crippen LogP contribution in [-0.2, 0) is 6.54 Å². The first kappa shape index (κ1) is 20.4. The number of anilines is 1. The molecule has 1 heterocycles. The number of aliphatic hydroxyl groups is 1. The molecular weight excluding hydrogens is 374 g/mol. The molecule has 2 fully saturated rings. The highest BCUT2D eigenvalue weighted by Gasteiger charge is 2.25. The van der Waals surface area contributed by atoms with Crippen molar-refractivity contribution in [2.75, 3.05) is 5.32 Å². The van der Waals surface area contributed by atoms with Crippen LogP contribution in [0.4, 0.5) is 5.69 Å². The highest BCUT2D eigenvalue weighted by molar-refractivity contribution is 5.95. The van der Waals surface area contributed by atoms with Crippen LogP contribution >= 0.6 is 0 Å². The number of amides is 1. The van der Waals surface area contributed by atoms with Crippen molar-refractivity contribution in [1.82, 2.24) is 10.3 Å². The molecular formula is C25H29N3O2. The minimum absolute atomic E-state index is 0.136. The Bertz CT molecular complexity index is 972. The van der Waals surface area contributed by atoms with Crippen LogP contribution in [0.15, 0.2) is 36.7 Å². The first-order valence-electron chi connectivity index (χ1n) is 10.9. The number of hydrogen-bond donors (Lipinski definition) is 3. The van der Waals surface area contributed by atoms with E-state index in [2.05, 4.69) is 33.5 Å². The van der Waals surface area contributed by atoms with Crippen LogP contribution in [0.1, 0.15) is 65.6 Å². The number of nitrogens with zero attached hydrogens (tertiary/aromatic N) is 1. The van der Waals surface area contributed by atoms with Crippen molar-refractivity contribution in [1.29, 1.82) is 0 Å². The molecule has 0 unspecified atom stereocenters. The third kappa shape index (κ3) is 5.40. The van der Waals surface area contributed by atoms with Crippen LogP contribution in [0.3, 0.4) is 0 Å². The molecule has 156 valence electrons. The molecule has 0 radical (unpaired) electrons. The lowest BCUT2D eigenvalue weighted by molar-refractivity contribution is 0.0717. The number of rotatable bonds is 5. The van der Waals surface area contributed by atoms with E-state index in [-0.39, 0.29) is 11.9 Å². The van der Waals surface area contributed by atoms with Crippen molar-refractivity contribution in [2.24, 2.45) is 5.92 Å². The SMILES string of the molecule is Cc1ccc(C(=O)N[C@H]2CCCC[C@@H]2O)cc1NCc1cncc(C#CC2CC2)c1. The zero-order chi connectivity index (χ0) is 20.9. The third-order valence-corrected chi connectivity index (χ3v) is 5.82. The van der Waals surface area contributed by atoms with E-state index < -0.39 is 6.10 Å². The van der Waals surface area contributed by atoms with E-state index in [4.69, 9.17) is 0 Å². The van der Waals surface area contributed by atoms with Crippen LogP contribution in [0, 0.1) is 24.7 Å². The molecule has 2 aromatic rings. The Hall–Kier alpha value is -2.84.